The second-order valence-corrected chi connectivity index (χ2v) is 6.34. The number of nitrogens with zero attached hydrogens (tertiary/aromatic N) is 4. The lowest BCUT2D eigenvalue weighted by Gasteiger charge is -2.36. The van der Waals surface area contributed by atoms with Crippen LogP contribution in [0.3, 0.4) is 0 Å². The molecule has 4 rings (SSSR count). The highest BCUT2D eigenvalue weighted by atomic mass is 16.3. The number of H-pyrrole nitrogens is 1. The Balaban J connectivity index is 1.40. The molecule has 1 aliphatic rings. The van der Waals surface area contributed by atoms with Crippen LogP contribution in [-0.4, -0.2) is 51.4 Å². The molecule has 0 bridgehead atoms. The summed E-state index contributed by atoms with van der Waals surface area (Å²) in [6, 6.07) is 9.63. The summed E-state index contributed by atoms with van der Waals surface area (Å²) in [6.45, 7) is 6.96. The number of aryl methyl sites for hydroxylation is 1. The van der Waals surface area contributed by atoms with Gasteiger partial charge in [-0.05, 0) is 42.8 Å². The first-order valence-corrected chi connectivity index (χ1v) is 8.25. The Morgan fingerprint density at radius 1 is 1.12 bits per heavy atom. The fourth-order valence-electron chi connectivity index (χ4n) is 3.24. The molecule has 6 nitrogen and oxygen atoms in total. The van der Waals surface area contributed by atoms with Crippen molar-refractivity contribution in [2.75, 3.05) is 31.1 Å². The van der Waals surface area contributed by atoms with Gasteiger partial charge in [-0.3, -0.25) is 10.00 Å². The highest BCUT2D eigenvalue weighted by Gasteiger charge is 2.17. The van der Waals surface area contributed by atoms with Gasteiger partial charge in [-0.25, -0.2) is 4.98 Å². The zero-order valence-corrected chi connectivity index (χ0v) is 13.7. The molecule has 0 saturated carbocycles. The van der Waals surface area contributed by atoms with Gasteiger partial charge in [-0.2, -0.15) is 5.10 Å². The molecule has 24 heavy (non-hydrogen) atoms. The van der Waals surface area contributed by atoms with E-state index in [-0.39, 0.29) is 0 Å². The first-order valence-electron chi connectivity index (χ1n) is 8.25. The fraction of sp³-hybridized carbons (Fsp3) is 0.333. The number of piperazine rings is 1. The molecule has 0 spiro atoms. The molecule has 2 aromatic heterocycles. The van der Waals surface area contributed by atoms with Gasteiger partial charge in [0, 0.05) is 55.7 Å². The summed E-state index contributed by atoms with van der Waals surface area (Å²) in [6.07, 6.45) is 1.93. The van der Waals surface area contributed by atoms with E-state index in [1.807, 2.05) is 25.3 Å². The van der Waals surface area contributed by atoms with Crippen LogP contribution in [0.2, 0.25) is 0 Å². The topological polar surface area (TPSA) is 68.3 Å². The number of fused-ring (bicyclic) bond motifs is 1. The Kier molecular flexibility index (Phi) is 3.82. The van der Waals surface area contributed by atoms with Crippen molar-refractivity contribution in [3.05, 3.63) is 47.8 Å². The Bertz CT molecular complexity index is 834. The number of aromatic amines is 1. The molecule has 3 heterocycles. The van der Waals surface area contributed by atoms with Crippen LogP contribution in [-0.2, 0) is 6.54 Å². The molecule has 0 aliphatic carbocycles. The lowest BCUT2D eigenvalue weighted by molar-refractivity contribution is 0.249. The Morgan fingerprint density at radius 3 is 2.62 bits per heavy atom. The Labute approximate surface area is 140 Å². The average Bonchev–Trinajstić information content (AvgIpc) is 2.97. The number of rotatable bonds is 3. The summed E-state index contributed by atoms with van der Waals surface area (Å²) >= 11 is 0. The number of nitrogens with one attached hydrogen (secondary N) is 1. The van der Waals surface area contributed by atoms with Crippen LogP contribution in [0, 0.1) is 6.92 Å². The van der Waals surface area contributed by atoms with Crippen LogP contribution in [0.15, 0.2) is 36.5 Å². The summed E-state index contributed by atoms with van der Waals surface area (Å²) in [5.74, 6) is 0.315. The third-order valence-electron chi connectivity index (χ3n) is 4.65. The Morgan fingerprint density at radius 2 is 1.88 bits per heavy atom. The second kappa shape index (κ2) is 6.13. The van der Waals surface area contributed by atoms with Crippen LogP contribution in [0.1, 0.15) is 11.3 Å². The van der Waals surface area contributed by atoms with Crippen molar-refractivity contribution >= 4 is 16.7 Å². The van der Waals surface area contributed by atoms with Gasteiger partial charge in [0.2, 0.25) is 0 Å². The van der Waals surface area contributed by atoms with Crippen molar-refractivity contribution in [2.45, 2.75) is 13.5 Å². The lowest BCUT2D eigenvalue weighted by atomic mass is 10.2. The smallest absolute Gasteiger partial charge is 0.181 e. The van der Waals surface area contributed by atoms with Gasteiger partial charge in [-0.15, -0.1) is 0 Å². The largest absolute Gasteiger partial charge is 0.508 e. The summed E-state index contributed by atoms with van der Waals surface area (Å²) in [4.78, 5) is 9.25. The van der Waals surface area contributed by atoms with E-state index in [0.29, 0.717) is 5.75 Å². The number of hydrogen-bond donors (Lipinski definition) is 2. The second-order valence-electron chi connectivity index (χ2n) is 6.34. The molecule has 3 aromatic rings. The van der Waals surface area contributed by atoms with Crippen LogP contribution < -0.4 is 4.90 Å². The van der Waals surface area contributed by atoms with Crippen LogP contribution in [0.5, 0.6) is 5.75 Å². The lowest BCUT2D eigenvalue weighted by Crippen LogP contribution is -2.45. The van der Waals surface area contributed by atoms with Crippen molar-refractivity contribution in [2.24, 2.45) is 0 Å². The zero-order chi connectivity index (χ0) is 16.5. The molecular formula is C18H21N5O. The SMILES string of the molecule is Cc1[nH]nc2ncc(CN3CCN(c4ccc(O)cc4)CC3)cc12. The van der Waals surface area contributed by atoms with E-state index in [9.17, 15) is 5.11 Å². The zero-order valence-electron chi connectivity index (χ0n) is 13.7. The monoisotopic (exact) mass is 323 g/mol. The first-order chi connectivity index (χ1) is 11.7. The maximum Gasteiger partial charge on any atom is 0.181 e. The summed E-state index contributed by atoms with van der Waals surface area (Å²) in [5, 5.41) is 17.7. The predicted molar refractivity (Wildman–Crippen MR) is 94.2 cm³/mol. The molecule has 0 atom stereocenters. The number of phenols is 1. The number of pyridine rings is 1. The minimum absolute atomic E-state index is 0.315. The maximum atomic E-state index is 9.40. The number of aromatic hydroxyl groups is 1. The van der Waals surface area contributed by atoms with E-state index in [4.69, 9.17) is 0 Å². The van der Waals surface area contributed by atoms with E-state index in [0.717, 1.165) is 49.5 Å². The quantitative estimate of drug-likeness (QED) is 0.774. The van der Waals surface area contributed by atoms with Gasteiger partial charge in [0.15, 0.2) is 5.65 Å². The van der Waals surface area contributed by atoms with Crippen LogP contribution in [0.4, 0.5) is 5.69 Å². The predicted octanol–water partition coefficient (Wildman–Crippen LogP) is 2.29. The van der Waals surface area contributed by atoms with Crippen LogP contribution in [0.25, 0.3) is 11.0 Å². The Hall–Kier alpha value is -2.60. The van der Waals surface area contributed by atoms with Crippen LogP contribution >= 0.6 is 0 Å². The van der Waals surface area contributed by atoms with Gasteiger partial charge in [0.1, 0.15) is 5.75 Å². The molecule has 2 N–H and O–H groups in total. The number of benzene rings is 1. The molecule has 1 aromatic carbocycles. The van der Waals surface area contributed by atoms with E-state index in [2.05, 4.69) is 31.0 Å². The highest BCUT2D eigenvalue weighted by molar-refractivity contribution is 5.77. The van der Waals surface area contributed by atoms with Gasteiger partial charge in [0.25, 0.3) is 0 Å². The van der Waals surface area contributed by atoms with Crippen molar-refractivity contribution in [1.82, 2.24) is 20.1 Å². The summed E-state index contributed by atoms with van der Waals surface area (Å²) in [7, 11) is 0. The normalized spacial score (nSPS) is 16.0. The van der Waals surface area contributed by atoms with Gasteiger partial charge in [0.05, 0.1) is 0 Å². The number of hydrogen-bond acceptors (Lipinski definition) is 5. The third kappa shape index (κ3) is 2.92. The average molecular weight is 323 g/mol. The molecular weight excluding hydrogens is 302 g/mol. The van der Waals surface area contributed by atoms with Crippen molar-refractivity contribution in [1.29, 1.82) is 0 Å². The third-order valence-corrected chi connectivity index (χ3v) is 4.65. The molecule has 0 unspecified atom stereocenters. The molecule has 1 saturated heterocycles. The molecule has 124 valence electrons. The van der Waals surface area contributed by atoms with E-state index >= 15 is 0 Å². The summed E-state index contributed by atoms with van der Waals surface area (Å²) in [5.41, 5.74) is 4.25. The highest BCUT2D eigenvalue weighted by Crippen LogP contribution is 2.21. The molecule has 6 heteroatoms. The standard InChI is InChI=1S/C18H21N5O/c1-13-17-10-14(11-19-18(17)21-20-13)12-22-6-8-23(9-7-22)15-2-4-16(24)5-3-15/h2-5,10-11,24H,6-9,12H2,1H3,(H,19,20,21). The molecule has 0 radical (unpaired) electrons. The van der Waals surface area contributed by atoms with Gasteiger partial charge < -0.3 is 10.0 Å². The molecule has 1 fully saturated rings. The molecule has 0 amide bonds. The van der Waals surface area contributed by atoms with E-state index in [1.165, 1.54) is 11.3 Å². The number of anilines is 1. The van der Waals surface area contributed by atoms with Crippen molar-refractivity contribution < 1.29 is 5.11 Å². The number of aromatic nitrogens is 3. The minimum Gasteiger partial charge on any atom is -0.508 e. The van der Waals surface area contributed by atoms with E-state index in [1.54, 1.807) is 12.1 Å². The van der Waals surface area contributed by atoms with Crippen molar-refractivity contribution in [3.8, 4) is 5.75 Å². The minimum atomic E-state index is 0.315. The van der Waals surface area contributed by atoms with Gasteiger partial charge >= 0.3 is 0 Å². The number of phenolic OH excluding ortho intramolecular Hbond substituents is 1. The van der Waals surface area contributed by atoms with Gasteiger partial charge in [-0.1, -0.05) is 0 Å². The fourth-order valence-corrected chi connectivity index (χ4v) is 3.24. The van der Waals surface area contributed by atoms with Crippen molar-refractivity contribution in [3.63, 3.8) is 0 Å². The maximum absolute atomic E-state index is 9.40. The molecule has 1 aliphatic heterocycles. The first kappa shape index (κ1) is 15.0. The summed E-state index contributed by atoms with van der Waals surface area (Å²) < 4.78 is 0. The van der Waals surface area contributed by atoms with E-state index < -0.39 is 0 Å².